The minimum absolute atomic E-state index is 0.0730. The summed E-state index contributed by atoms with van der Waals surface area (Å²) >= 11 is 0. The molecule has 0 bridgehead atoms. The van der Waals surface area contributed by atoms with Gasteiger partial charge in [-0.1, -0.05) is 12.1 Å². The fraction of sp³-hybridized carbons (Fsp3) is 0.0769. The van der Waals surface area contributed by atoms with E-state index in [4.69, 9.17) is 9.88 Å². The molecule has 3 N–H and O–H groups in total. The summed E-state index contributed by atoms with van der Waals surface area (Å²) in [6.07, 6.45) is 0. The molecule has 0 saturated carbocycles. The molecule has 12 heteroatoms. The number of hydrogen-bond donors (Lipinski definition) is 2. The molecule has 0 amide bonds. The fourth-order valence-corrected chi connectivity index (χ4v) is 3.95. The van der Waals surface area contributed by atoms with Crippen LogP contribution in [0.25, 0.3) is 0 Å². The molecule has 0 unspecified atom stereocenters. The van der Waals surface area contributed by atoms with Gasteiger partial charge in [-0.15, -0.1) is 0 Å². The first-order valence-electron chi connectivity index (χ1n) is 6.53. The predicted molar refractivity (Wildman–Crippen MR) is 88.3 cm³/mol. The standard InChI is InChI=1S/C13H13N3O7S2/c1-23-11-7-6-9(8-13(11)24(14,19)20)15-25(21,22)12-5-3-2-4-10(12)16(17)18/h2-8,15H,1H3,(H2,14,19,20). The van der Waals surface area contributed by atoms with Crippen LogP contribution in [-0.2, 0) is 20.0 Å². The van der Waals surface area contributed by atoms with E-state index in [9.17, 15) is 26.9 Å². The third kappa shape index (κ3) is 4.04. The van der Waals surface area contributed by atoms with Crippen LogP contribution in [0.4, 0.5) is 11.4 Å². The third-order valence-corrected chi connectivity index (χ3v) is 5.43. The van der Waals surface area contributed by atoms with Crippen molar-refractivity contribution in [2.24, 2.45) is 5.14 Å². The van der Waals surface area contributed by atoms with Crippen LogP contribution in [0.3, 0.4) is 0 Å². The molecular weight excluding hydrogens is 374 g/mol. The van der Waals surface area contributed by atoms with Gasteiger partial charge in [0.2, 0.25) is 10.0 Å². The summed E-state index contributed by atoms with van der Waals surface area (Å²) in [5.74, 6) is -0.0730. The summed E-state index contributed by atoms with van der Waals surface area (Å²) in [5.41, 5.74) is -0.766. The van der Waals surface area contributed by atoms with Crippen molar-refractivity contribution in [3.05, 3.63) is 52.6 Å². The number of nitro groups is 1. The average Bonchev–Trinajstić information content (AvgIpc) is 2.53. The van der Waals surface area contributed by atoms with Crippen molar-refractivity contribution in [3.8, 4) is 5.75 Å². The molecule has 2 aromatic rings. The molecule has 0 spiro atoms. The number of nitro benzene ring substituents is 1. The van der Waals surface area contributed by atoms with Gasteiger partial charge in [0.15, 0.2) is 4.90 Å². The van der Waals surface area contributed by atoms with Crippen molar-refractivity contribution in [2.45, 2.75) is 9.79 Å². The molecule has 0 radical (unpaired) electrons. The van der Waals surface area contributed by atoms with E-state index < -0.39 is 40.4 Å². The quantitative estimate of drug-likeness (QED) is 0.553. The molecule has 0 aliphatic heterocycles. The number of nitrogens with two attached hydrogens (primary N) is 1. The van der Waals surface area contributed by atoms with Gasteiger partial charge in [0.1, 0.15) is 10.6 Å². The SMILES string of the molecule is COc1ccc(NS(=O)(=O)c2ccccc2[N+](=O)[O-])cc1S(N)(=O)=O. The summed E-state index contributed by atoms with van der Waals surface area (Å²) in [4.78, 5) is 9.16. The van der Waals surface area contributed by atoms with E-state index in [-0.39, 0.29) is 11.4 Å². The topological polar surface area (TPSA) is 159 Å². The summed E-state index contributed by atoms with van der Waals surface area (Å²) in [6, 6.07) is 8.15. The zero-order valence-electron chi connectivity index (χ0n) is 12.7. The summed E-state index contributed by atoms with van der Waals surface area (Å²) in [7, 11) is -7.29. The van der Waals surface area contributed by atoms with Gasteiger partial charge in [-0.2, -0.15) is 0 Å². The second-order valence-corrected chi connectivity index (χ2v) is 7.92. The number of methoxy groups -OCH3 is 1. The number of para-hydroxylation sites is 1. The number of benzene rings is 2. The normalized spacial score (nSPS) is 11.8. The number of primary sulfonamides is 1. The van der Waals surface area contributed by atoms with Gasteiger partial charge in [-0.25, -0.2) is 22.0 Å². The Labute approximate surface area is 143 Å². The number of hydrogen-bond acceptors (Lipinski definition) is 7. The van der Waals surface area contributed by atoms with E-state index in [2.05, 4.69) is 4.72 Å². The number of anilines is 1. The maximum absolute atomic E-state index is 12.4. The third-order valence-electron chi connectivity index (χ3n) is 3.07. The summed E-state index contributed by atoms with van der Waals surface area (Å²) < 4.78 is 54.9. The van der Waals surface area contributed by atoms with Gasteiger partial charge in [0.25, 0.3) is 15.7 Å². The van der Waals surface area contributed by atoms with Crippen LogP contribution >= 0.6 is 0 Å². The average molecular weight is 387 g/mol. The smallest absolute Gasteiger partial charge is 0.289 e. The molecule has 0 aliphatic rings. The Balaban J connectivity index is 2.51. The van der Waals surface area contributed by atoms with Crippen molar-refractivity contribution in [2.75, 3.05) is 11.8 Å². The Morgan fingerprint density at radius 1 is 1.08 bits per heavy atom. The van der Waals surface area contributed by atoms with E-state index in [1.54, 1.807) is 0 Å². The lowest BCUT2D eigenvalue weighted by atomic mass is 10.3. The lowest BCUT2D eigenvalue weighted by Gasteiger charge is -2.11. The van der Waals surface area contributed by atoms with Gasteiger partial charge in [0.05, 0.1) is 17.7 Å². The molecule has 2 rings (SSSR count). The summed E-state index contributed by atoms with van der Waals surface area (Å²) in [6.45, 7) is 0. The number of rotatable bonds is 6. The van der Waals surface area contributed by atoms with E-state index in [0.717, 1.165) is 18.2 Å². The highest BCUT2D eigenvalue weighted by molar-refractivity contribution is 7.93. The van der Waals surface area contributed by atoms with Crippen LogP contribution in [-0.4, -0.2) is 28.9 Å². The maximum atomic E-state index is 12.4. The van der Waals surface area contributed by atoms with Crippen LogP contribution in [0.1, 0.15) is 0 Å². The Morgan fingerprint density at radius 2 is 1.72 bits per heavy atom. The first kappa shape index (κ1) is 18.6. The molecule has 2 aromatic carbocycles. The Kier molecular flexibility index (Phi) is 4.97. The highest BCUT2D eigenvalue weighted by atomic mass is 32.2. The lowest BCUT2D eigenvalue weighted by molar-refractivity contribution is -0.387. The van der Waals surface area contributed by atoms with Crippen LogP contribution < -0.4 is 14.6 Å². The molecule has 0 atom stereocenters. The second kappa shape index (κ2) is 6.66. The van der Waals surface area contributed by atoms with Gasteiger partial charge in [-0.05, 0) is 24.3 Å². The van der Waals surface area contributed by atoms with Crippen molar-refractivity contribution in [3.63, 3.8) is 0 Å². The molecule has 0 fully saturated rings. The Hall–Kier alpha value is -2.70. The molecule has 0 heterocycles. The van der Waals surface area contributed by atoms with E-state index in [0.29, 0.717) is 0 Å². The zero-order valence-corrected chi connectivity index (χ0v) is 14.4. The zero-order chi connectivity index (χ0) is 18.8. The van der Waals surface area contributed by atoms with Gasteiger partial charge >= 0.3 is 0 Å². The van der Waals surface area contributed by atoms with Gasteiger partial charge in [0, 0.05) is 6.07 Å². The van der Waals surface area contributed by atoms with Crippen molar-refractivity contribution >= 4 is 31.4 Å². The largest absolute Gasteiger partial charge is 0.495 e. The highest BCUT2D eigenvalue weighted by Crippen LogP contribution is 2.29. The van der Waals surface area contributed by atoms with E-state index in [1.165, 1.54) is 31.4 Å². The maximum Gasteiger partial charge on any atom is 0.289 e. The molecule has 0 aliphatic carbocycles. The molecule has 10 nitrogen and oxygen atoms in total. The van der Waals surface area contributed by atoms with Gasteiger partial charge in [-0.3, -0.25) is 14.8 Å². The molecule has 25 heavy (non-hydrogen) atoms. The minimum atomic E-state index is -4.34. The van der Waals surface area contributed by atoms with Crippen LogP contribution in [0.5, 0.6) is 5.75 Å². The summed E-state index contributed by atoms with van der Waals surface area (Å²) in [5, 5.41) is 16.1. The highest BCUT2D eigenvalue weighted by Gasteiger charge is 2.26. The van der Waals surface area contributed by atoms with Crippen LogP contribution in [0.15, 0.2) is 52.3 Å². The number of nitrogens with one attached hydrogen (secondary N) is 1. The Morgan fingerprint density at radius 3 is 2.28 bits per heavy atom. The van der Waals surface area contributed by atoms with Crippen LogP contribution in [0, 0.1) is 10.1 Å². The molecular formula is C13H13N3O7S2. The number of sulfonamides is 2. The van der Waals surface area contributed by atoms with Crippen molar-refractivity contribution in [1.29, 1.82) is 0 Å². The van der Waals surface area contributed by atoms with E-state index >= 15 is 0 Å². The second-order valence-electron chi connectivity index (χ2n) is 4.74. The molecule has 0 saturated heterocycles. The number of nitrogens with zero attached hydrogens (tertiary/aromatic N) is 1. The molecule has 0 aromatic heterocycles. The first-order chi connectivity index (χ1) is 11.6. The van der Waals surface area contributed by atoms with Crippen molar-refractivity contribution in [1.82, 2.24) is 0 Å². The predicted octanol–water partition coefficient (Wildman–Crippen LogP) is 1.05. The van der Waals surface area contributed by atoms with Crippen molar-refractivity contribution < 1.29 is 26.5 Å². The monoisotopic (exact) mass is 387 g/mol. The molecule has 134 valence electrons. The van der Waals surface area contributed by atoms with Crippen LogP contribution in [0.2, 0.25) is 0 Å². The van der Waals surface area contributed by atoms with Gasteiger partial charge < -0.3 is 4.74 Å². The Bertz CT molecular complexity index is 1030. The lowest BCUT2D eigenvalue weighted by Crippen LogP contribution is -2.17. The number of ether oxygens (including phenoxy) is 1. The first-order valence-corrected chi connectivity index (χ1v) is 9.56. The van der Waals surface area contributed by atoms with E-state index in [1.807, 2.05) is 0 Å². The minimum Gasteiger partial charge on any atom is -0.495 e. The fourth-order valence-electron chi connectivity index (χ4n) is 2.01.